The first kappa shape index (κ1) is 16.8. The Bertz CT molecular complexity index is 1170. The SMILES string of the molecule is COc1ccc2cc(-c3nc(-c4ccccc4)cc(C)c3C#N)ccc2c1. The Morgan fingerprint density at radius 3 is 2.33 bits per heavy atom. The van der Waals surface area contributed by atoms with Crippen molar-refractivity contribution in [1.82, 2.24) is 4.98 Å². The Hall–Kier alpha value is -3.64. The predicted octanol–water partition coefficient (Wildman–Crippen LogP) is 5.76. The Kier molecular flexibility index (Phi) is 4.32. The van der Waals surface area contributed by atoms with Crippen LogP contribution in [0.15, 0.2) is 72.8 Å². The molecule has 0 aliphatic rings. The van der Waals surface area contributed by atoms with Crippen molar-refractivity contribution < 1.29 is 4.74 Å². The first-order chi connectivity index (χ1) is 13.2. The fourth-order valence-corrected chi connectivity index (χ4v) is 3.28. The fourth-order valence-electron chi connectivity index (χ4n) is 3.28. The molecule has 0 aliphatic heterocycles. The molecule has 3 nitrogen and oxygen atoms in total. The smallest absolute Gasteiger partial charge is 0.119 e. The first-order valence-electron chi connectivity index (χ1n) is 8.75. The molecule has 0 spiro atoms. The van der Waals surface area contributed by atoms with E-state index < -0.39 is 0 Å². The lowest BCUT2D eigenvalue weighted by molar-refractivity contribution is 0.415. The Morgan fingerprint density at radius 1 is 0.852 bits per heavy atom. The number of nitriles is 1. The minimum atomic E-state index is 0.613. The van der Waals surface area contributed by atoms with Crippen molar-refractivity contribution >= 4 is 10.8 Å². The van der Waals surface area contributed by atoms with Crippen LogP contribution in [0.4, 0.5) is 0 Å². The molecule has 0 N–H and O–H groups in total. The van der Waals surface area contributed by atoms with Gasteiger partial charge in [-0.1, -0.05) is 48.5 Å². The van der Waals surface area contributed by atoms with E-state index in [2.05, 4.69) is 12.1 Å². The first-order valence-corrected chi connectivity index (χ1v) is 8.75. The van der Waals surface area contributed by atoms with Crippen LogP contribution >= 0.6 is 0 Å². The standard InChI is InChI=1S/C24H18N2O/c1-16-12-23(17-6-4-3-5-7-17)26-24(22(16)15-25)20-9-8-19-14-21(27-2)11-10-18(19)13-20/h3-14H,1-2H3. The van der Waals surface area contributed by atoms with E-state index in [1.54, 1.807) is 7.11 Å². The van der Waals surface area contributed by atoms with Gasteiger partial charge in [0.15, 0.2) is 0 Å². The van der Waals surface area contributed by atoms with Crippen molar-refractivity contribution in [3.63, 3.8) is 0 Å². The Morgan fingerprint density at radius 2 is 1.59 bits per heavy atom. The highest BCUT2D eigenvalue weighted by Crippen LogP contribution is 2.31. The number of ether oxygens (including phenoxy) is 1. The van der Waals surface area contributed by atoms with Crippen molar-refractivity contribution in [2.24, 2.45) is 0 Å². The number of aryl methyl sites for hydroxylation is 1. The highest BCUT2D eigenvalue weighted by molar-refractivity contribution is 5.89. The molecule has 3 aromatic carbocycles. The Balaban J connectivity index is 1.91. The van der Waals surface area contributed by atoms with E-state index in [-0.39, 0.29) is 0 Å². The molecule has 0 atom stereocenters. The maximum Gasteiger partial charge on any atom is 0.119 e. The third-order valence-electron chi connectivity index (χ3n) is 4.72. The van der Waals surface area contributed by atoms with Crippen LogP contribution in [0.5, 0.6) is 5.75 Å². The molecule has 0 saturated heterocycles. The van der Waals surface area contributed by atoms with Gasteiger partial charge in [-0.15, -0.1) is 0 Å². The second kappa shape index (κ2) is 6.93. The number of benzene rings is 3. The van der Waals surface area contributed by atoms with Gasteiger partial charge in [-0.25, -0.2) is 4.98 Å². The van der Waals surface area contributed by atoms with Gasteiger partial charge in [-0.2, -0.15) is 5.26 Å². The molecule has 130 valence electrons. The highest BCUT2D eigenvalue weighted by atomic mass is 16.5. The normalized spacial score (nSPS) is 10.6. The van der Waals surface area contributed by atoms with E-state index in [0.29, 0.717) is 11.3 Å². The number of hydrogen-bond donors (Lipinski definition) is 0. The lowest BCUT2D eigenvalue weighted by Crippen LogP contribution is -1.96. The van der Waals surface area contributed by atoms with Gasteiger partial charge in [0.2, 0.25) is 0 Å². The minimum absolute atomic E-state index is 0.613. The summed E-state index contributed by atoms with van der Waals surface area (Å²) in [6.45, 7) is 1.96. The number of pyridine rings is 1. The van der Waals surface area contributed by atoms with E-state index in [1.165, 1.54) is 0 Å². The maximum absolute atomic E-state index is 9.70. The number of fused-ring (bicyclic) bond motifs is 1. The molecule has 0 unspecified atom stereocenters. The van der Waals surface area contributed by atoms with Gasteiger partial charge in [0.05, 0.1) is 24.1 Å². The lowest BCUT2D eigenvalue weighted by Gasteiger charge is -2.11. The summed E-state index contributed by atoms with van der Waals surface area (Å²) in [6, 6.07) is 26.4. The molecular weight excluding hydrogens is 332 g/mol. The summed E-state index contributed by atoms with van der Waals surface area (Å²) in [4.78, 5) is 4.84. The predicted molar refractivity (Wildman–Crippen MR) is 109 cm³/mol. The third kappa shape index (κ3) is 3.14. The van der Waals surface area contributed by atoms with Gasteiger partial charge >= 0.3 is 0 Å². The molecule has 4 aromatic rings. The number of methoxy groups -OCH3 is 1. The highest BCUT2D eigenvalue weighted by Gasteiger charge is 2.13. The van der Waals surface area contributed by atoms with Gasteiger partial charge in [-0.05, 0) is 47.5 Å². The van der Waals surface area contributed by atoms with Crippen molar-refractivity contribution in [3.8, 4) is 34.3 Å². The van der Waals surface area contributed by atoms with Crippen LogP contribution in [0.3, 0.4) is 0 Å². The van der Waals surface area contributed by atoms with Crippen molar-refractivity contribution in [3.05, 3.63) is 83.9 Å². The zero-order chi connectivity index (χ0) is 18.8. The molecule has 0 amide bonds. The van der Waals surface area contributed by atoms with Crippen LogP contribution in [0.25, 0.3) is 33.3 Å². The van der Waals surface area contributed by atoms with Gasteiger partial charge < -0.3 is 4.74 Å². The molecule has 0 radical (unpaired) electrons. The molecule has 4 rings (SSSR count). The number of aromatic nitrogens is 1. The molecule has 1 aromatic heterocycles. The maximum atomic E-state index is 9.70. The average molecular weight is 350 g/mol. The fraction of sp³-hybridized carbons (Fsp3) is 0.0833. The van der Waals surface area contributed by atoms with Crippen molar-refractivity contribution in [2.75, 3.05) is 7.11 Å². The summed E-state index contributed by atoms with van der Waals surface area (Å²) in [5, 5.41) is 11.9. The zero-order valence-corrected chi connectivity index (χ0v) is 15.2. The van der Waals surface area contributed by atoms with Crippen LogP contribution in [0.2, 0.25) is 0 Å². The second-order valence-corrected chi connectivity index (χ2v) is 6.45. The van der Waals surface area contributed by atoms with Crippen LogP contribution in [-0.2, 0) is 0 Å². The molecule has 1 heterocycles. The van der Waals surface area contributed by atoms with Gasteiger partial charge in [-0.3, -0.25) is 0 Å². The lowest BCUT2D eigenvalue weighted by atomic mass is 9.98. The summed E-state index contributed by atoms with van der Waals surface area (Å²) in [6.07, 6.45) is 0. The van der Waals surface area contributed by atoms with Crippen LogP contribution in [-0.4, -0.2) is 12.1 Å². The summed E-state index contributed by atoms with van der Waals surface area (Å²) in [5.74, 6) is 0.827. The van der Waals surface area contributed by atoms with Gasteiger partial charge in [0.25, 0.3) is 0 Å². The monoisotopic (exact) mass is 350 g/mol. The van der Waals surface area contributed by atoms with Crippen LogP contribution in [0, 0.1) is 18.3 Å². The van der Waals surface area contributed by atoms with E-state index in [0.717, 1.165) is 38.9 Å². The zero-order valence-electron chi connectivity index (χ0n) is 15.2. The molecule has 0 fully saturated rings. The molecule has 27 heavy (non-hydrogen) atoms. The van der Waals surface area contributed by atoms with Crippen LogP contribution in [0.1, 0.15) is 11.1 Å². The largest absolute Gasteiger partial charge is 0.497 e. The van der Waals surface area contributed by atoms with Gasteiger partial charge in [0.1, 0.15) is 11.8 Å². The van der Waals surface area contributed by atoms with E-state index in [1.807, 2.05) is 73.7 Å². The molecule has 3 heteroatoms. The minimum Gasteiger partial charge on any atom is -0.497 e. The quantitative estimate of drug-likeness (QED) is 0.472. The number of hydrogen-bond acceptors (Lipinski definition) is 3. The van der Waals surface area contributed by atoms with Crippen molar-refractivity contribution in [1.29, 1.82) is 5.26 Å². The van der Waals surface area contributed by atoms with Crippen LogP contribution < -0.4 is 4.74 Å². The van der Waals surface area contributed by atoms with E-state index in [4.69, 9.17) is 9.72 Å². The second-order valence-electron chi connectivity index (χ2n) is 6.45. The van der Waals surface area contributed by atoms with Gasteiger partial charge in [0, 0.05) is 11.1 Å². The number of rotatable bonds is 3. The van der Waals surface area contributed by atoms with E-state index in [9.17, 15) is 5.26 Å². The summed E-state index contributed by atoms with van der Waals surface area (Å²) < 4.78 is 5.30. The summed E-state index contributed by atoms with van der Waals surface area (Å²) in [7, 11) is 1.66. The van der Waals surface area contributed by atoms with E-state index >= 15 is 0 Å². The number of nitrogens with zero attached hydrogens (tertiary/aromatic N) is 2. The molecule has 0 aliphatic carbocycles. The molecular formula is C24H18N2O. The molecule has 0 bridgehead atoms. The topological polar surface area (TPSA) is 45.9 Å². The molecule has 0 saturated carbocycles. The van der Waals surface area contributed by atoms with Crippen molar-refractivity contribution in [2.45, 2.75) is 6.92 Å². The summed E-state index contributed by atoms with van der Waals surface area (Å²) in [5.41, 5.74) is 5.10. The third-order valence-corrected chi connectivity index (χ3v) is 4.72. The average Bonchev–Trinajstić information content (AvgIpc) is 2.73. The Labute approximate surface area is 158 Å². The summed E-state index contributed by atoms with van der Waals surface area (Å²) >= 11 is 0.